The number of anilines is 1. The summed E-state index contributed by atoms with van der Waals surface area (Å²) in [5.41, 5.74) is 3.16. The number of benzene rings is 1. The molecule has 1 N–H and O–H groups in total. The first-order chi connectivity index (χ1) is 16.3. The second kappa shape index (κ2) is 8.72. The molecule has 0 unspecified atom stereocenters. The van der Waals surface area contributed by atoms with E-state index in [0.29, 0.717) is 24.7 Å². The SMILES string of the molecule is CS(=O)(=O)NC(=O)c1cc(N2CCC(C#N)CC2)c2c(C3CCC3)nn(-c3ccccc3)c2n1. The Hall–Kier alpha value is -3.45. The van der Waals surface area contributed by atoms with Gasteiger partial charge >= 0.3 is 0 Å². The van der Waals surface area contributed by atoms with E-state index < -0.39 is 15.9 Å². The molecule has 0 spiro atoms. The largest absolute Gasteiger partial charge is 0.371 e. The Morgan fingerprint density at radius 3 is 2.44 bits per heavy atom. The van der Waals surface area contributed by atoms with Crippen molar-refractivity contribution in [3.63, 3.8) is 0 Å². The fourth-order valence-electron chi connectivity index (χ4n) is 4.68. The summed E-state index contributed by atoms with van der Waals surface area (Å²) in [6.45, 7) is 1.34. The van der Waals surface area contributed by atoms with E-state index in [1.54, 1.807) is 10.7 Å². The molecule has 0 bridgehead atoms. The lowest BCUT2D eigenvalue weighted by molar-refractivity contribution is 0.0977. The van der Waals surface area contributed by atoms with Gasteiger partial charge in [-0.05, 0) is 43.9 Å². The number of sulfonamides is 1. The molecule has 9 nitrogen and oxygen atoms in total. The summed E-state index contributed by atoms with van der Waals surface area (Å²) in [6.07, 6.45) is 5.66. The van der Waals surface area contributed by atoms with E-state index >= 15 is 0 Å². The van der Waals surface area contributed by atoms with E-state index in [0.717, 1.165) is 60.8 Å². The van der Waals surface area contributed by atoms with Crippen LogP contribution in [-0.4, -0.2) is 48.4 Å². The van der Waals surface area contributed by atoms with E-state index in [4.69, 9.17) is 5.10 Å². The predicted molar refractivity (Wildman–Crippen MR) is 128 cm³/mol. The molecule has 3 aromatic rings. The van der Waals surface area contributed by atoms with Gasteiger partial charge in [-0.2, -0.15) is 10.4 Å². The average Bonchev–Trinajstić information content (AvgIpc) is 3.16. The van der Waals surface area contributed by atoms with Gasteiger partial charge in [0.25, 0.3) is 5.91 Å². The van der Waals surface area contributed by atoms with Crippen LogP contribution in [0.1, 0.15) is 54.2 Å². The van der Waals surface area contributed by atoms with E-state index in [2.05, 4.69) is 16.0 Å². The van der Waals surface area contributed by atoms with Crippen LogP contribution in [0.25, 0.3) is 16.7 Å². The summed E-state index contributed by atoms with van der Waals surface area (Å²) < 4.78 is 27.3. The van der Waals surface area contributed by atoms with E-state index in [1.807, 2.05) is 35.1 Å². The van der Waals surface area contributed by atoms with E-state index in [1.165, 1.54) is 0 Å². The molecule has 1 amide bonds. The first kappa shape index (κ1) is 22.3. The standard InChI is InChI=1S/C24H26N6O3S/c1-34(32,33)28-24(31)19-14-20(29-12-10-16(15-25)11-13-29)21-22(17-6-5-7-17)27-30(23(21)26-19)18-8-3-2-4-9-18/h2-4,8-9,14,16-17H,5-7,10-13H2,1H3,(H,28,31). The lowest BCUT2D eigenvalue weighted by Gasteiger charge is -2.32. The molecule has 2 aromatic heterocycles. The Morgan fingerprint density at radius 2 is 1.85 bits per heavy atom. The monoisotopic (exact) mass is 478 g/mol. The third-order valence-corrected chi connectivity index (χ3v) is 7.22. The number of hydrogen-bond donors (Lipinski definition) is 1. The summed E-state index contributed by atoms with van der Waals surface area (Å²) in [7, 11) is -3.75. The molecular formula is C24H26N6O3S. The highest BCUT2D eigenvalue weighted by atomic mass is 32.2. The number of aromatic nitrogens is 3. The zero-order valence-electron chi connectivity index (χ0n) is 18.9. The van der Waals surface area contributed by atoms with Crippen molar-refractivity contribution < 1.29 is 13.2 Å². The Labute approximate surface area is 198 Å². The zero-order chi connectivity index (χ0) is 23.9. The highest BCUT2D eigenvalue weighted by Gasteiger charge is 2.31. The molecule has 1 saturated heterocycles. The number of para-hydroxylation sites is 1. The number of amides is 1. The number of carbonyl (C=O) groups is 1. The Bertz CT molecular complexity index is 1380. The third kappa shape index (κ3) is 4.23. The summed E-state index contributed by atoms with van der Waals surface area (Å²) in [5.74, 6) is -0.441. The van der Waals surface area contributed by atoms with Crippen LogP contribution in [-0.2, 0) is 10.0 Å². The van der Waals surface area contributed by atoms with Gasteiger partial charge in [0, 0.05) is 24.9 Å². The van der Waals surface area contributed by atoms with Crippen molar-refractivity contribution in [3.8, 4) is 11.8 Å². The molecule has 10 heteroatoms. The molecule has 2 fully saturated rings. The maximum absolute atomic E-state index is 12.8. The minimum Gasteiger partial charge on any atom is -0.371 e. The Morgan fingerprint density at radius 1 is 1.15 bits per heavy atom. The number of rotatable bonds is 5. The molecule has 0 radical (unpaired) electrons. The maximum atomic E-state index is 12.8. The van der Waals surface area contributed by atoms with Crippen LogP contribution in [0, 0.1) is 17.2 Å². The van der Waals surface area contributed by atoms with Gasteiger partial charge in [-0.15, -0.1) is 0 Å². The van der Waals surface area contributed by atoms with Gasteiger partial charge in [0.1, 0.15) is 5.69 Å². The Kier molecular flexibility index (Phi) is 5.73. The van der Waals surface area contributed by atoms with Crippen molar-refractivity contribution in [2.75, 3.05) is 24.2 Å². The first-order valence-corrected chi connectivity index (χ1v) is 13.4. The first-order valence-electron chi connectivity index (χ1n) is 11.5. The van der Waals surface area contributed by atoms with Crippen LogP contribution < -0.4 is 9.62 Å². The van der Waals surface area contributed by atoms with Crippen molar-refractivity contribution in [1.82, 2.24) is 19.5 Å². The highest BCUT2D eigenvalue weighted by Crippen LogP contribution is 2.43. The maximum Gasteiger partial charge on any atom is 0.283 e. The topological polar surface area (TPSA) is 121 Å². The molecule has 1 aliphatic carbocycles. The van der Waals surface area contributed by atoms with Crippen molar-refractivity contribution in [2.45, 2.75) is 38.0 Å². The normalized spacial score (nSPS) is 17.4. The van der Waals surface area contributed by atoms with Gasteiger partial charge in [-0.25, -0.2) is 22.8 Å². The summed E-state index contributed by atoms with van der Waals surface area (Å²) in [5, 5.41) is 15.2. The third-order valence-electron chi connectivity index (χ3n) is 6.67. The van der Waals surface area contributed by atoms with Crippen molar-refractivity contribution in [1.29, 1.82) is 5.26 Å². The van der Waals surface area contributed by atoms with Crippen LogP contribution in [0.2, 0.25) is 0 Å². The summed E-state index contributed by atoms with van der Waals surface area (Å²) in [6, 6.07) is 13.6. The molecule has 5 rings (SSSR count). The van der Waals surface area contributed by atoms with Gasteiger partial charge in [-0.1, -0.05) is 24.6 Å². The molecule has 176 valence electrons. The fraction of sp³-hybridized carbons (Fsp3) is 0.417. The molecular weight excluding hydrogens is 452 g/mol. The number of pyridine rings is 1. The number of nitrogens with one attached hydrogen (secondary N) is 1. The predicted octanol–water partition coefficient (Wildman–Crippen LogP) is 3.12. The molecule has 3 heterocycles. The molecule has 1 aliphatic heterocycles. The van der Waals surface area contributed by atoms with Gasteiger partial charge in [0.15, 0.2) is 5.65 Å². The second-order valence-corrected chi connectivity index (χ2v) is 10.8. The van der Waals surface area contributed by atoms with E-state index in [9.17, 15) is 18.5 Å². The number of nitrogens with zero attached hydrogens (tertiary/aromatic N) is 5. The van der Waals surface area contributed by atoms with Crippen molar-refractivity contribution in [2.24, 2.45) is 5.92 Å². The van der Waals surface area contributed by atoms with Crippen LogP contribution in [0.15, 0.2) is 36.4 Å². The Balaban J connectivity index is 1.72. The molecule has 1 saturated carbocycles. The van der Waals surface area contributed by atoms with Crippen molar-refractivity contribution >= 4 is 32.7 Å². The number of nitriles is 1. The lowest BCUT2D eigenvalue weighted by Crippen LogP contribution is -2.34. The average molecular weight is 479 g/mol. The van der Waals surface area contributed by atoms with Crippen molar-refractivity contribution in [3.05, 3.63) is 47.8 Å². The van der Waals surface area contributed by atoms with Crippen LogP contribution in [0.3, 0.4) is 0 Å². The van der Waals surface area contributed by atoms with Crippen LogP contribution >= 0.6 is 0 Å². The number of piperidine rings is 1. The molecule has 34 heavy (non-hydrogen) atoms. The van der Waals surface area contributed by atoms with Crippen LogP contribution in [0.5, 0.6) is 0 Å². The molecule has 0 atom stereocenters. The number of carbonyl (C=O) groups excluding carboxylic acids is 1. The quantitative estimate of drug-likeness (QED) is 0.598. The number of fused-ring (bicyclic) bond motifs is 1. The second-order valence-electron chi connectivity index (χ2n) is 9.08. The highest BCUT2D eigenvalue weighted by molar-refractivity contribution is 7.89. The summed E-state index contributed by atoms with van der Waals surface area (Å²) >= 11 is 0. The number of hydrogen-bond acceptors (Lipinski definition) is 7. The molecule has 2 aliphatic rings. The van der Waals surface area contributed by atoms with Gasteiger partial charge in [-0.3, -0.25) is 4.79 Å². The minimum absolute atomic E-state index is 0.0136. The zero-order valence-corrected chi connectivity index (χ0v) is 19.8. The van der Waals surface area contributed by atoms with E-state index in [-0.39, 0.29) is 11.6 Å². The smallest absolute Gasteiger partial charge is 0.283 e. The summed E-state index contributed by atoms with van der Waals surface area (Å²) in [4.78, 5) is 19.7. The lowest BCUT2D eigenvalue weighted by atomic mass is 9.82. The van der Waals surface area contributed by atoms with Gasteiger partial charge in [0.2, 0.25) is 10.0 Å². The molecule has 1 aromatic carbocycles. The minimum atomic E-state index is -3.75. The fourth-order valence-corrected chi connectivity index (χ4v) is 5.12. The van der Waals surface area contributed by atoms with Crippen LogP contribution in [0.4, 0.5) is 5.69 Å². The van der Waals surface area contributed by atoms with Gasteiger partial charge < -0.3 is 4.90 Å². The van der Waals surface area contributed by atoms with Gasteiger partial charge in [0.05, 0.1) is 34.8 Å².